The number of rotatable bonds is 5. The van der Waals surface area contributed by atoms with Gasteiger partial charge in [0.15, 0.2) is 0 Å². The average Bonchev–Trinajstić information content (AvgIpc) is 2.31. The van der Waals surface area contributed by atoms with Crippen LogP contribution in [0.3, 0.4) is 0 Å². The summed E-state index contributed by atoms with van der Waals surface area (Å²) in [7, 11) is 1.63. The molecule has 1 aliphatic rings. The topological polar surface area (TPSA) is 47.6 Å². The lowest BCUT2D eigenvalue weighted by molar-refractivity contribution is -0.126. The van der Waals surface area contributed by atoms with Gasteiger partial charge in [0, 0.05) is 24.4 Å². The molecule has 0 bridgehead atoms. The molecule has 1 heterocycles. The molecule has 92 valence electrons. The van der Waals surface area contributed by atoms with Crippen LogP contribution in [-0.4, -0.2) is 26.2 Å². The molecule has 1 aliphatic heterocycles. The molecule has 0 unspecified atom stereocenters. The highest BCUT2D eigenvalue weighted by Crippen LogP contribution is 2.17. The molecule has 2 rings (SSSR count). The number of carbonyl (C=O) groups excluding carboxylic acids is 1. The molecule has 0 saturated carbocycles. The van der Waals surface area contributed by atoms with E-state index >= 15 is 0 Å². The standard InChI is InChI=1S/C13H17NO3/c1-16-12-5-3-2-4-11(12)7-14-13(15)6-10-8-17-9-10/h2-5,10H,6-9H2,1H3,(H,14,15). The third-order valence-corrected chi connectivity index (χ3v) is 2.85. The van der Waals surface area contributed by atoms with Gasteiger partial charge in [0.2, 0.25) is 5.91 Å². The molecule has 17 heavy (non-hydrogen) atoms. The summed E-state index contributed by atoms with van der Waals surface area (Å²) in [4.78, 5) is 11.6. The first kappa shape index (κ1) is 11.9. The van der Waals surface area contributed by atoms with Gasteiger partial charge in [0.25, 0.3) is 0 Å². The zero-order valence-corrected chi connectivity index (χ0v) is 9.94. The Morgan fingerprint density at radius 2 is 2.24 bits per heavy atom. The Morgan fingerprint density at radius 1 is 1.47 bits per heavy atom. The Kier molecular flexibility index (Phi) is 3.98. The third kappa shape index (κ3) is 3.20. The van der Waals surface area contributed by atoms with E-state index in [1.807, 2.05) is 24.3 Å². The molecular formula is C13H17NO3. The van der Waals surface area contributed by atoms with E-state index in [0.29, 0.717) is 32.1 Å². The minimum Gasteiger partial charge on any atom is -0.496 e. The van der Waals surface area contributed by atoms with E-state index < -0.39 is 0 Å². The van der Waals surface area contributed by atoms with E-state index in [1.165, 1.54) is 0 Å². The van der Waals surface area contributed by atoms with Crippen molar-refractivity contribution in [2.75, 3.05) is 20.3 Å². The number of hydrogen-bond acceptors (Lipinski definition) is 3. The fourth-order valence-electron chi connectivity index (χ4n) is 1.78. The van der Waals surface area contributed by atoms with Crippen molar-refractivity contribution in [3.63, 3.8) is 0 Å². The minimum atomic E-state index is 0.0733. The van der Waals surface area contributed by atoms with Crippen molar-refractivity contribution in [2.45, 2.75) is 13.0 Å². The van der Waals surface area contributed by atoms with Crippen LogP contribution in [0, 0.1) is 5.92 Å². The van der Waals surface area contributed by atoms with Crippen molar-refractivity contribution in [2.24, 2.45) is 5.92 Å². The summed E-state index contributed by atoms with van der Waals surface area (Å²) in [6.45, 7) is 1.93. The number of methoxy groups -OCH3 is 1. The highest BCUT2D eigenvalue weighted by molar-refractivity contribution is 5.76. The number of benzene rings is 1. The molecule has 0 spiro atoms. The third-order valence-electron chi connectivity index (χ3n) is 2.85. The van der Waals surface area contributed by atoms with Crippen LogP contribution < -0.4 is 10.1 Å². The molecule has 0 aliphatic carbocycles. The predicted octanol–water partition coefficient (Wildman–Crippen LogP) is 1.35. The van der Waals surface area contributed by atoms with E-state index in [9.17, 15) is 4.79 Å². The number of amides is 1. The first-order valence-corrected chi connectivity index (χ1v) is 5.76. The minimum absolute atomic E-state index is 0.0733. The van der Waals surface area contributed by atoms with Crippen LogP contribution in [0.5, 0.6) is 5.75 Å². The average molecular weight is 235 g/mol. The summed E-state index contributed by atoms with van der Waals surface area (Å²) in [5, 5.41) is 2.90. The van der Waals surface area contributed by atoms with Crippen LogP contribution in [0.25, 0.3) is 0 Å². The Hall–Kier alpha value is -1.55. The van der Waals surface area contributed by atoms with E-state index in [-0.39, 0.29) is 5.91 Å². The summed E-state index contributed by atoms with van der Waals surface area (Å²) in [6, 6.07) is 7.69. The molecule has 1 aromatic carbocycles. The summed E-state index contributed by atoms with van der Waals surface area (Å²) in [5.74, 6) is 1.27. The van der Waals surface area contributed by atoms with E-state index in [2.05, 4.69) is 5.32 Å². The first-order chi connectivity index (χ1) is 8.29. The van der Waals surface area contributed by atoms with E-state index in [4.69, 9.17) is 9.47 Å². The number of hydrogen-bond donors (Lipinski definition) is 1. The van der Waals surface area contributed by atoms with Gasteiger partial charge in [0.05, 0.1) is 20.3 Å². The van der Waals surface area contributed by atoms with E-state index in [1.54, 1.807) is 7.11 Å². The zero-order valence-electron chi connectivity index (χ0n) is 9.94. The molecule has 4 heteroatoms. The molecule has 1 N–H and O–H groups in total. The van der Waals surface area contributed by atoms with Crippen LogP contribution in [0.2, 0.25) is 0 Å². The summed E-state index contributed by atoms with van der Waals surface area (Å²) >= 11 is 0. The maximum absolute atomic E-state index is 11.6. The molecule has 1 fully saturated rings. The molecule has 1 saturated heterocycles. The highest BCUT2D eigenvalue weighted by atomic mass is 16.5. The van der Waals surface area contributed by atoms with E-state index in [0.717, 1.165) is 11.3 Å². The zero-order chi connectivity index (χ0) is 12.1. The number of carbonyl (C=O) groups is 1. The second kappa shape index (κ2) is 5.68. The van der Waals surface area contributed by atoms with Gasteiger partial charge in [-0.15, -0.1) is 0 Å². The lowest BCUT2D eigenvalue weighted by atomic mass is 10.0. The summed E-state index contributed by atoms with van der Waals surface area (Å²) < 4.78 is 10.3. The quantitative estimate of drug-likeness (QED) is 0.838. The van der Waals surface area contributed by atoms with Gasteiger partial charge in [-0.05, 0) is 6.07 Å². The van der Waals surface area contributed by atoms with Crippen molar-refractivity contribution >= 4 is 5.91 Å². The smallest absolute Gasteiger partial charge is 0.220 e. The van der Waals surface area contributed by atoms with Gasteiger partial charge >= 0.3 is 0 Å². The SMILES string of the molecule is COc1ccccc1CNC(=O)CC1COC1. The number of para-hydroxylation sites is 1. The molecule has 4 nitrogen and oxygen atoms in total. The van der Waals surface area contributed by atoms with Gasteiger partial charge in [-0.25, -0.2) is 0 Å². The molecule has 0 atom stereocenters. The van der Waals surface area contributed by atoms with Crippen LogP contribution in [0.1, 0.15) is 12.0 Å². The Morgan fingerprint density at radius 3 is 2.88 bits per heavy atom. The lowest BCUT2D eigenvalue weighted by Gasteiger charge is -2.25. The normalized spacial score (nSPS) is 15.1. The second-order valence-corrected chi connectivity index (χ2v) is 4.20. The van der Waals surface area contributed by atoms with Crippen LogP contribution in [0.4, 0.5) is 0 Å². The van der Waals surface area contributed by atoms with Gasteiger partial charge in [-0.2, -0.15) is 0 Å². The summed E-state index contributed by atoms with van der Waals surface area (Å²) in [5.41, 5.74) is 0.994. The molecule has 0 aromatic heterocycles. The second-order valence-electron chi connectivity index (χ2n) is 4.20. The monoisotopic (exact) mass is 235 g/mol. The van der Waals surface area contributed by atoms with Gasteiger partial charge in [-0.1, -0.05) is 18.2 Å². The summed E-state index contributed by atoms with van der Waals surface area (Å²) in [6.07, 6.45) is 0.551. The Bertz CT molecular complexity index is 388. The van der Waals surface area contributed by atoms with Crippen LogP contribution in [0.15, 0.2) is 24.3 Å². The highest BCUT2D eigenvalue weighted by Gasteiger charge is 2.21. The molecule has 1 aromatic rings. The van der Waals surface area contributed by atoms with Crippen LogP contribution in [-0.2, 0) is 16.1 Å². The number of nitrogens with one attached hydrogen (secondary N) is 1. The van der Waals surface area contributed by atoms with Crippen molar-refractivity contribution in [3.05, 3.63) is 29.8 Å². The largest absolute Gasteiger partial charge is 0.496 e. The van der Waals surface area contributed by atoms with Gasteiger partial charge in [-0.3, -0.25) is 4.79 Å². The van der Waals surface area contributed by atoms with Crippen molar-refractivity contribution in [3.8, 4) is 5.75 Å². The predicted molar refractivity (Wildman–Crippen MR) is 63.8 cm³/mol. The maximum Gasteiger partial charge on any atom is 0.220 e. The van der Waals surface area contributed by atoms with Crippen molar-refractivity contribution < 1.29 is 14.3 Å². The fourth-order valence-corrected chi connectivity index (χ4v) is 1.78. The van der Waals surface area contributed by atoms with Crippen molar-refractivity contribution in [1.82, 2.24) is 5.32 Å². The fraction of sp³-hybridized carbons (Fsp3) is 0.462. The number of ether oxygens (including phenoxy) is 2. The molecule has 1 amide bonds. The van der Waals surface area contributed by atoms with Gasteiger partial charge in [0.1, 0.15) is 5.75 Å². The first-order valence-electron chi connectivity index (χ1n) is 5.76. The van der Waals surface area contributed by atoms with Crippen LogP contribution >= 0.6 is 0 Å². The van der Waals surface area contributed by atoms with Gasteiger partial charge < -0.3 is 14.8 Å². The molecule has 0 radical (unpaired) electrons. The maximum atomic E-state index is 11.6. The molecular weight excluding hydrogens is 218 g/mol. The lowest BCUT2D eigenvalue weighted by Crippen LogP contribution is -2.34. The Labute approximate surface area is 101 Å². The Balaban J connectivity index is 1.81. The van der Waals surface area contributed by atoms with Crippen molar-refractivity contribution in [1.29, 1.82) is 0 Å².